The average molecular weight is 163 g/mol. The van der Waals surface area contributed by atoms with Gasteiger partial charge in [-0.3, -0.25) is 4.79 Å². The molecule has 0 aromatic carbocycles. The first kappa shape index (κ1) is 10.4. The second-order valence-electron chi connectivity index (χ2n) is 2.49. The smallest absolute Gasteiger partial charge is 0.250 e. The number of carbonyl (C=O) groups is 1. The van der Waals surface area contributed by atoms with Gasteiger partial charge in [-0.15, -0.1) is 4.48 Å². The zero-order valence-corrected chi connectivity index (χ0v) is 6.89. The number of halogens is 1. The maximum atomic E-state index is 11.5. The highest BCUT2D eigenvalue weighted by Crippen LogP contribution is 2.04. The molecule has 11 heavy (non-hydrogen) atoms. The van der Waals surface area contributed by atoms with Crippen LogP contribution in [0.5, 0.6) is 0 Å². The second-order valence-corrected chi connectivity index (χ2v) is 2.49. The topological polar surface area (TPSA) is 38.3 Å². The molecule has 0 aromatic heterocycles. The molecule has 3 nitrogen and oxygen atoms in total. The standard InChI is InChI=1S/C7H14FNO2/c1-6(7(10)9-8)4-3-5-11-2/h6H,3-5H2,1-2H3,(H,9,10). The fourth-order valence-electron chi connectivity index (χ4n) is 0.758. The number of nitrogens with one attached hydrogen (secondary N) is 1. The molecule has 1 unspecified atom stereocenters. The summed E-state index contributed by atoms with van der Waals surface area (Å²) in [5.74, 6) is -0.823. The van der Waals surface area contributed by atoms with Crippen molar-refractivity contribution in [3.8, 4) is 0 Å². The van der Waals surface area contributed by atoms with Crippen LogP contribution in [-0.2, 0) is 9.53 Å². The van der Waals surface area contributed by atoms with Gasteiger partial charge in [0.2, 0.25) is 5.91 Å². The SMILES string of the molecule is COCCCC(C)C(=O)NF. The van der Waals surface area contributed by atoms with Crippen LogP contribution in [0, 0.1) is 5.92 Å². The van der Waals surface area contributed by atoms with Crippen molar-refractivity contribution in [3.63, 3.8) is 0 Å². The van der Waals surface area contributed by atoms with Crippen molar-refractivity contribution in [1.82, 2.24) is 5.54 Å². The molecule has 0 aliphatic carbocycles. The van der Waals surface area contributed by atoms with Crippen LogP contribution in [0.25, 0.3) is 0 Å². The van der Waals surface area contributed by atoms with E-state index in [2.05, 4.69) is 0 Å². The molecule has 0 spiro atoms. The molecule has 4 heteroatoms. The molecule has 0 aliphatic heterocycles. The van der Waals surface area contributed by atoms with Crippen LogP contribution in [0.3, 0.4) is 0 Å². The minimum atomic E-state index is -0.555. The number of methoxy groups -OCH3 is 1. The van der Waals surface area contributed by atoms with Gasteiger partial charge >= 0.3 is 0 Å². The van der Waals surface area contributed by atoms with E-state index in [0.29, 0.717) is 13.0 Å². The normalized spacial score (nSPS) is 12.6. The van der Waals surface area contributed by atoms with E-state index in [1.165, 1.54) is 0 Å². The first-order valence-electron chi connectivity index (χ1n) is 3.61. The highest BCUT2D eigenvalue weighted by atomic mass is 19.2. The summed E-state index contributed by atoms with van der Waals surface area (Å²) >= 11 is 0. The van der Waals surface area contributed by atoms with Gasteiger partial charge in [-0.25, -0.2) is 0 Å². The summed E-state index contributed by atoms with van der Waals surface area (Å²) in [6, 6.07) is 0. The van der Waals surface area contributed by atoms with Crippen molar-refractivity contribution in [2.75, 3.05) is 13.7 Å². The monoisotopic (exact) mass is 163 g/mol. The molecule has 0 rings (SSSR count). The van der Waals surface area contributed by atoms with Gasteiger partial charge in [0.15, 0.2) is 0 Å². The van der Waals surface area contributed by atoms with E-state index in [1.54, 1.807) is 14.0 Å². The van der Waals surface area contributed by atoms with E-state index < -0.39 is 5.91 Å². The van der Waals surface area contributed by atoms with E-state index in [-0.39, 0.29) is 5.92 Å². The summed E-state index contributed by atoms with van der Waals surface area (Å²) in [4.78, 5) is 10.6. The van der Waals surface area contributed by atoms with Gasteiger partial charge in [-0.1, -0.05) is 6.92 Å². The van der Waals surface area contributed by atoms with Crippen LogP contribution in [0.4, 0.5) is 4.48 Å². The molecule has 0 bridgehead atoms. The Bertz CT molecular complexity index is 119. The molecule has 1 N–H and O–H groups in total. The largest absolute Gasteiger partial charge is 0.385 e. The van der Waals surface area contributed by atoms with Gasteiger partial charge < -0.3 is 4.74 Å². The van der Waals surface area contributed by atoms with Gasteiger partial charge in [0.25, 0.3) is 0 Å². The summed E-state index contributed by atoms with van der Waals surface area (Å²) in [5.41, 5.74) is 1.11. The molecule has 0 aromatic rings. The predicted octanol–water partition coefficient (Wildman–Crippen LogP) is 1.05. The Hall–Kier alpha value is -0.640. The van der Waals surface area contributed by atoms with Crippen molar-refractivity contribution in [2.24, 2.45) is 5.92 Å². The number of ether oxygens (including phenoxy) is 1. The van der Waals surface area contributed by atoms with Crippen molar-refractivity contribution in [2.45, 2.75) is 19.8 Å². The summed E-state index contributed by atoms with van der Waals surface area (Å²) < 4.78 is 16.3. The third-order valence-electron chi connectivity index (χ3n) is 1.53. The average Bonchev–Trinajstić information content (AvgIpc) is 2.03. The second kappa shape index (κ2) is 6.09. The van der Waals surface area contributed by atoms with Crippen LogP contribution in [0.15, 0.2) is 0 Å². The van der Waals surface area contributed by atoms with Crippen LogP contribution >= 0.6 is 0 Å². The zero-order valence-electron chi connectivity index (χ0n) is 6.89. The maximum absolute atomic E-state index is 11.5. The Morgan fingerprint density at radius 3 is 2.82 bits per heavy atom. The van der Waals surface area contributed by atoms with Crippen molar-refractivity contribution >= 4 is 5.91 Å². The molecule has 0 saturated carbocycles. The van der Waals surface area contributed by atoms with Crippen molar-refractivity contribution < 1.29 is 14.0 Å². The Balaban J connectivity index is 3.36. The fourth-order valence-corrected chi connectivity index (χ4v) is 0.758. The lowest BCUT2D eigenvalue weighted by Gasteiger charge is -2.06. The van der Waals surface area contributed by atoms with Crippen molar-refractivity contribution in [1.29, 1.82) is 0 Å². The highest BCUT2D eigenvalue weighted by molar-refractivity contribution is 5.76. The molecule has 0 fully saturated rings. The summed E-state index contributed by atoms with van der Waals surface area (Å²) in [5, 5.41) is 0. The highest BCUT2D eigenvalue weighted by Gasteiger charge is 2.10. The Morgan fingerprint density at radius 2 is 2.36 bits per heavy atom. The lowest BCUT2D eigenvalue weighted by molar-refractivity contribution is -0.129. The number of amides is 1. The third-order valence-corrected chi connectivity index (χ3v) is 1.53. The molecular weight excluding hydrogens is 149 g/mol. The Kier molecular flexibility index (Phi) is 5.74. The van der Waals surface area contributed by atoms with E-state index in [0.717, 1.165) is 12.0 Å². The van der Waals surface area contributed by atoms with E-state index >= 15 is 0 Å². The minimum Gasteiger partial charge on any atom is -0.385 e. The summed E-state index contributed by atoms with van der Waals surface area (Å²) in [6.45, 7) is 2.30. The lowest BCUT2D eigenvalue weighted by Crippen LogP contribution is -2.22. The van der Waals surface area contributed by atoms with Gasteiger partial charge in [0, 0.05) is 19.6 Å². The van der Waals surface area contributed by atoms with Gasteiger partial charge in [-0.2, -0.15) is 5.54 Å². The molecule has 1 atom stereocenters. The first-order chi connectivity index (χ1) is 5.22. The van der Waals surface area contributed by atoms with Crippen LogP contribution in [-0.4, -0.2) is 19.6 Å². The molecule has 66 valence electrons. The lowest BCUT2D eigenvalue weighted by atomic mass is 10.1. The molecule has 0 saturated heterocycles. The van der Waals surface area contributed by atoms with Crippen LogP contribution in [0.1, 0.15) is 19.8 Å². The third kappa shape index (κ3) is 4.72. The predicted molar refractivity (Wildman–Crippen MR) is 39.5 cm³/mol. The van der Waals surface area contributed by atoms with Gasteiger partial charge in [0.1, 0.15) is 0 Å². The number of hydrogen-bond donors (Lipinski definition) is 1. The van der Waals surface area contributed by atoms with Crippen molar-refractivity contribution in [3.05, 3.63) is 0 Å². The number of carbonyl (C=O) groups excluding carboxylic acids is 1. The summed E-state index contributed by atoms with van der Waals surface area (Å²) in [7, 11) is 1.60. The quantitative estimate of drug-likeness (QED) is 0.486. The van der Waals surface area contributed by atoms with Crippen LogP contribution in [0.2, 0.25) is 0 Å². The fraction of sp³-hybridized carbons (Fsp3) is 0.857. The maximum Gasteiger partial charge on any atom is 0.250 e. The van der Waals surface area contributed by atoms with E-state index in [1.807, 2.05) is 0 Å². The van der Waals surface area contributed by atoms with E-state index in [9.17, 15) is 9.28 Å². The molecule has 0 radical (unpaired) electrons. The number of hydrogen-bond acceptors (Lipinski definition) is 2. The molecule has 1 amide bonds. The molecular formula is C7H14FNO2. The van der Waals surface area contributed by atoms with Crippen LogP contribution < -0.4 is 5.54 Å². The minimum absolute atomic E-state index is 0.268. The molecule has 0 heterocycles. The van der Waals surface area contributed by atoms with Gasteiger partial charge in [-0.05, 0) is 12.8 Å². The van der Waals surface area contributed by atoms with Gasteiger partial charge in [0.05, 0.1) is 0 Å². The Labute approximate surface area is 65.9 Å². The number of rotatable bonds is 5. The summed E-state index contributed by atoms with van der Waals surface area (Å²) in [6.07, 6.45) is 1.44. The zero-order chi connectivity index (χ0) is 8.69. The van der Waals surface area contributed by atoms with E-state index in [4.69, 9.17) is 4.74 Å². The first-order valence-corrected chi connectivity index (χ1v) is 3.61. The molecule has 0 aliphatic rings. The Morgan fingerprint density at radius 1 is 1.73 bits per heavy atom.